The zero-order valence-corrected chi connectivity index (χ0v) is 12.1. The fourth-order valence-electron chi connectivity index (χ4n) is 3.36. The van der Waals surface area contributed by atoms with Gasteiger partial charge in [0.05, 0.1) is 10.7 Å². The molecular weight excluding hydrogens is 258 g/mol. The van der Waals surface area contributed by atoms with Crippen molar-refractivity contribution < 1.29 is 0 Å². The summed E-state index contributed by atoms with van der Waals surface area (Å²) in [6.07, 6.45) is 3.88. The molecule has 1 aliphatic carbocycles. The number of halogens is 1. The van der Waals surface area contributed by atoms with Crippen molar-refractivity contribution in [2.24, 2.45) is 5.73 Å². The molecule has 0 unspecified atom stereocenters. The molecule has 0 amide bonds. The number of rotatable bonds is 3. The van der Waals surface area contributed by atoms with E-state index in [1.807, 2.05) is 12.1 Å². The summed E-state index contributed by atoms with van der Waals surface area (Å²) in [5.41, 5.74) is 7.47. The Bertz CT molecular complexity index is 431. The molecule has 1 heterocycles. The average molecular weight is 280 g/mol. The third-order valence-electron chi connectivity index (χ3n) is 4.81. The molecule has 1 saturated carbocycles. The van der Waals surface area contributed by atoms with Crippen molar-refractivity contribution in [2.45, 2.75) is 24.8 Å². The molecule has 3 rings (SSSR count). The normalized spacial score (nSPS) is 23.2. The van der Waals surface area contributed by atoms with E-state index in [4.69, 9.17) is 17.3 Å². The summed E-state index contributed by atoms with van der Waals surface area (Å²) in [5, 5.41) is 0.855. The highest BCUT2D eigenvalue weighted by molar-refractivity contribution is 6.33. The van der Waals surface area contributed by atoms with Crippen LogP contribution in [0.2, 0.25) is 5.02 Å². The van der Waals surface area contributed by atoms with E-state index < -0.39 is 0 Å². The third-order valence-corrected chi connectivity index (χ3v) is 5.13. The predicted molar refractivity (Wildman–Crippen MR) is 80.9 cm³/mol. The van der Waals surface area contributed by atoms with E-state index in [9.17, 15) is 0 Å². The van der Waals surface area contributed by atoms with Gasteiger partial charge >= 0.3 is 0 Å². The highest BCUT2D eigenvalue weighted by Crippen LogP contribution is 2.38. The lowest BCUT2D eigenvalue weighted by Gasteiger charge is -2.53. The number of benzene rings is 1. The van der Waals surface area contributed by atoms with Crippen LogP contribution in [0.5, 0.6) is 0 Å². The zero-order valence-electron chi connectivity index (χ0n) is 11.3. The second-order valence-electron chi connectivity index (χ2n) is 5.71. The van der Waals surface area contributed by atoms with Crippen molar-refractivity contribution >= 4 is 17.3 Å². The maximum Gasteiger partial charge on any atom is 0.0639 e. The lowest BCUT2D eigenvalue weighted by Crippen LogP contribution is -2.63. The summed E-state index contributed by atoms with van der Waals surface area (Å²) in [4.78, 5) is 4.99. The second kappa shape index (κ2) is 5.31. The van der Waals surface area contributed by atoms with Crippen molar-refractivity contribution in [3.63, 3.8) is 0 Å². The van der Waals surface area contributed by atoms with Gasteiger partial charge in [0.25, 0.3) is 0 Å². The molecule has 104 valence electrons. The molecule has 0 atom stereocenters. The van der Waals surface area contributed by atoms with Gasteiger partial charge in [-0.15, -0.1) is 0 Å². The van der Waals surface area contributed by atoms with Crippen LogP contribution in [0.3, 0.4) is 0 Å². The van der Waals surface area contributed by atoms with E-state index in [1.54, 1.807) is 0 Å². The standard InChI is InChI=1S/C15H22ClN3/c16-13-4-1-2-5-14(13)18-8-10-19(11-9-18)15(12-17)6-3-7-15/h1-2,4-5H,3,6-12,17H2. The molecule has 2 N–H and O–H groups in total. The van der Waals surface area contributed by atoms with Gasteiger partial charge < -0.3 is 10.6 Å². The Morgan fingerprint density at radius 2 is 1.79 bits per heavy atom. The Labute approximate surface area is 120 Å². The van der Waals surface area contributed by atoms with Gasteiger partial charge in [0.1, 0.15) is 0 Å². The summed E-state index contributed by atoms with van der Waals surface area (Å²) < 4.78 is 0. The summed E-state index contributed by atoms with van der Waals surface area (Å²) in [6.45, 7) is 5.10. The van der Waals surface area contributed by atoms with E-state index in [1.165, 1.54) is 24.9 Å². The van der Waals surface area contributed by atoms with Gasteiger partial charge in [0, 0.05) is 38.3 Å². The first-order valence-corrected chi connectivity index (χ1v) is 7.58. The van der Waals surface area contributed by atoms with Gasteiger partial charge in [-0.25, -0.2) is 0 Å². The first-order valence-electron chi connectivity index (χ1n) is 7.20. The van der Waals surface area contributed by atoms with Crippen molar-refractivity contribution in [2.75, 3.05) is 37.6 Å². The van der Waals surface area contributed by atoms with Crippen molar-refractivity contribution in [3.8, 4) is 0 Å². The van der Waals surface area contributed by atoms with Crippen LogP contribution in [-0.2, 0) is 0 Å². The fraction of sp³-hybridized carbons (Fsp3) is 0.600. The molecule has 1 aromatic rings. The van der Waals surface area contributed by atoms with Crippen LogP contribution in [0, 0.1) is 0 Å². The average Bonchev–Trinajstić information content (AvgIpc) is 2.40. The van der Waals surface area contributed by atoms with Gasteiger partial charge in [-0.1, -0.05) is 23.7 Å². The molecule has 1 saturated heterocycles. The molecule has 1 aromatic carbocycles. The molecule has 4 heteroatoms. The van der Waals surface area contributed by atoms with Crippen LogP contribution in [0.4, 0.5) is 5.69 Å². The fourth-order valence-corrected chi connectivity index (χ4v) is 3.62. The van der Waals surface area contributed by atoms with E-state index in [-0.39, 0.29) is 0 Å². The van der Waals surface area contributed by atoms with E-state index in [2.05, 4.69) is 21.9 Å². The molecular formula is C15H22ClN3. The molecule has 2 aliphatic rings. The smallest absolute Gasteiger partial charge is 0.0639 e. The second-order valence-corrected chi connectivity index (χ2v) is 6.11. The molecule has 0 spiro atoms. The third kappa shape index (κ3) is 2.35. The lowest BCUT2D eigenvalue weighted by atomic mass is 9.75. The summed E-state index contributed by atoms with van der Waals surface area (Å²) >= 11 is 6.27. The monoisotopic (exact) mass is 279 g/mol. The van der Waals surface area contributed by atoms with Gasteiger partial charge in [-0.3, -0.25) is 4.90 Å². The molecule has 0 bridgehead atoms. The van der Waals surface area contributed by atoms with Crippen LogP contribution in [0.1, 0.15) is 19.3 Å². The number of hydrogen-bond acceptors (Lipinski definition) is 3. The Morgan fingerprint density at radius 3 is 2.32 bits per heavy atom. The van der Waals surface area contributed by atoms with E-state index >= 15 is 0 Å². The minimum absolute atomic E-state index is 0.312. The minimum Gasteiger partial charge on any atom is -0.368 e. The van der Waals surface area contributed by atoms with Crippen LogP contribution in [0.15, 0.2) is 24.3 Å². The molecule has 3 nitrogen and oxygen atoms in total. The van der Waals surface area contributed by atoms with Crippen LogP contribution in [-0.4, -0.2) is 43.2 Å². The Hall–Kier alpha value is -0.770. The maximum absolute atomic E-state index is 6.27. The number of anilines is 1. The zero-order chi connectivity index (χ0) is 13.3. The Morgan fingerprint density at radius 1 is 1.11 bits per heavy atom. The van der Waals surface area contributed by atoms with Gasteiger partial charge in [-0.05, 0) is 31.4 Å². The number of hydrogen-bond donors (Lipinski definition) is 1. The lowest BCUT2D eigenvalue weighted by molar-refractivity contribution is 0.0192. The first-order chi connectivity index (χ1) is 9.25. The van der Waals surface area contributed by atoms with Crippen LogP contribution in [0.25, 0.3) is 0 Å². The van der Waals surface area contributed by atoms with E-state index in [0.29, 0.717) is 5.54 Å². The number of nitrogens with two attached hydrogens (primary N) is 1. The van der Waals surface area contributed by atoms with Gasteiger partial charge in [-0.2, -0.15) is 0 Å². The highest BCUT2D eigenvalue weighted by Gasteiger charge is 2.42. The Kier molecular flexibility index (Phi) is 3.70. The minimum atomic E-state index is 0.312. The predicted octanol–water partition coefficient (Wildman–Crippen LogP) is 2.34. The molecule has 19 heavy (non-hydrogen) atoms. The molecule has 1 aliphatic heterocycles. The topological polar surface area (TPSA) is 32.5 Å². The van der Waals surface area contributed by atoms with Crippen LogP contribution >= 0.6 is 11.6 Å². The van der Waals surface area contributed by atoms with Crippen molar-refractivity contribution in [1.82, 2.24) is 4.90 Å². The van der Waals surface area contributed by atoms with Crippen molar-refractivity contribution in [3.05, 3.63) is 29.3 Å². The summed E-state index contributed by atoms with van der Waals surface area (Å²) in [7, 11) is 0. The van der Waals surface area contributed by atoms with E-state index in [0.717, 1.165) is 37.7 Å². The first kappa shape index (κ1) is 13.2. The summed E-state index contributed by atoms with van der Waals surface area (Å²) in [5.74, 6) is 0. The SMILES string of the molecule is NCC1(N2CCN(c3ccccc3Cl)CC2)CCC1. The number of para-hydroxylation sites is 1. The molecule has 0 radical (unpaired) electrons. The highest BCUT2D eigenvalue weighted by atomic mass is 35.5. The summed E-state index contributed by atoms with van der Waals surface area (Å²) in [6, 6.07) is 8.12. The van der Waals surface area contributed by atoms with Gasteiger partial charge in [0.15, 0.2) is 0 Å². The van der Waals surface area contributed by atoms with Crippen LogP contribution < -0.4 is 10.6 Å². The quantitative estimate of drug-likeness (QED) is 0.922. The maximum atomic E-state index is 6.27. The van der Waals surface area contributed by atoms with Gasteiger partial charge in [0.2, 0.25) is 0 Å². The molecule has 0 aromatic heterocycles. The Balaban J connectivity index is 1.65. The molecule has 2 fully saturated rings. The largest absolute Gasteiger partial charge is 0.368 e. The number of piperazine rings is 1. The van der Waals surface area contributed by atoms with Crippen molar-refractivity contribution in [1.29, 1.82) is 0 Å². The number of nitrogens with zero attached hydrogens (tertiary/aromatic N) is 2.